The normalized spacial score (nSPS) is 12.8. The van der Waals surface area contributed by atoms with Crippen molar-refractivity contribution in [2.24, 2.45) is 0 Å². The highest BCUT2D eigenvalue weighted by Crippen LogP contribution is 2.16. The van der Waals surface area contributed by atoms with Gasteiger partial charge in [-0.1, -0.05) is 6.92 Å². The van der Waals surface area contributed by atoms with Crippen LogP contribution in [0.5, 0.6) is 5.75 Å². The molecule has 1 aromatic heterocycles. The van der Waals surface area contributed by atoms with E-state index in [0.717, 1.165) is 0 Å². The van der Waals surface area contributed by atoms with Gasteiger partial charge in [0.05, 0.1) is 18.3 Å². The highest BCUT2D eigenvalue weighted by molar-refractivity contribution is 5.27. The van der Waals surface area contributed by atoms with Gasteiger partial charge in [0, 0.05) is 12.3 Å². The van der Waals surface area contributed by atoms with E-state index in [1.165, 1.54) is 6.07 Å². The van der Waals surface area contributed by atoms with Gasteiger partial charge >= 0.3 is 0 Å². The summed E-state index contributed by atoms with van der Waals surface area (Å²) in [6, 6.07) is 1.18. The van der Waals surface area contributed by atoms with Crippen molar-refractivity contribution in [1.82, 2.24) is 4.57 Å². The largest absolute Gasteiger partial charge is 0.503 e. The van der Waals surface area contributed by atoms with Crippen LogP contribution in [0.3, 0.4) is 0 Å². The zero-order valence-electron chi connectivity index (χ0n) is 8.40. The van der Waals surface area contributed by atoms with Crippen LogP contribution in [0.4, 0.5) is 0 Å². The van der Waals surface area contributed by atoms with Crippen molar-refractivity contribution in [3.8, 4) is 5.75 Å². The molecule has 0 aliphatic carbocycles. The van der Waals surface area contributed by atoms with E-state index in [-0.39, 0.29) is 23.8 Å². The molecular formula is C10H15NO3. The van der Waals surface area contributed by atoms with Crippen LogP contribution in [-0.2, 0) is 6.42 Å². The summed E-state index contributed by atoms with van der Waals surface area (Å²) in [7, 11) is 0. The van der Waals surface area contributed by atoms with E-state index in [1.807, 2.05) is 13.8 Å². The summed E-state index contributed by atoms with van der Waals surface area (Å²) in [5.41, 5.74) is 0.197. The van der Waals surface area contributed by atoms with Gasteiger partial charge in [0.2, 0.25) is 5.43 Å². The molecule has 2 N–H and O–H groups in total. The Bertz CT molecular complexity index is 370. The number of hydrogen-bond donors (Lipinski definition) is 2. The van der Waals surface area contributed by atoms with Gasteiger partial charge in [0.15, 0.2) is 5.75 Å². The minimum Gasteiger partial charge on any atom is -0.503 e. The van der Waals surface area contributed by atoms with E-state index in [1.54, 1.807) is 10.8 Å². The Hall–Kier alpha value is -1.29. The second-order valence-electron chi connectivity index (χ2n) is 3.27. The SMILES string of the molecule is CCc1c(O)c(=O)ccn1C(C)CO. The average Bonchev–Trinajstić information content (AvgIpc) is 2.20. The Morgan fingerprint density at radius 2 is 2.21 bits per heavy atom. The molecule has 4 heteroatoms. The Morgan fingerprint density at radius 1 is 1.57 bits per heavy atom. The number of nitrogens with zero attached hydrogens (tertiary/aromatic N) is 1. The number of aliphatic hydroxyl groups is 1. The smallest absolute Gasteiger partial charge is 0.223 e. The molecule has 1 unspecified atom stereocenters. The molecule has 0 saturated carbocycles. The molecule has 0 aliphatic heterocycles. The maximum atomic E-state index is 11.1. The monoisotopic (exact) mass is 197 g/mol. The molecule has 1 atom stereocenters. The van der Waals surface area contributed by atoms with Crippen molar-refractivity contribution in [1.29, 1.82) is 0 Å². The summed E-state index contributed by atoms with van der Waals surface area (Å²) >= 11 is 0. The van der Waals surface area contributed by atoms with Crippen LogP contribution >= 0.6 is 0 Å². The van der Waals surface area contributed by atoms with Crippen molar-refractivity contribution in [3.63, 3.8) is 0 Å². The molecule has 1 heterocycles. The van der Waals surface area contributed by atoms with E-state index < -0.39 is 0 Å². The molecule has 0 aromatic carbocycles. The quantitative estimate of drug-likeness (QED) is 0.748. The lowest BCUT2D eigenvalue weighted by molar-refractivity contribution is 0.235. The fourth-order valence-corrected chi connectivity index (χ4v) is 1.43. The molecule has 0 saturated heterocycles. The highest BCUT2D eigenvalue weighted by Gasteiger charge is 2.11. The topological polar surface area (TPSA) is 62.5 Å². The summed E-state index contributed by atoms with van der Waals surface area (Å²) < 4.78 is 1.72. The molecule has 0 spiro atoms. The summed E-state index contributed by atoms with van der Waals surface area (Å²) in [5, 5.41) is 18.5. The zero-order valence-corrected chi connectivity index (χ0v) is 8.40. The lowest BCUT2D eigenvalue weighted by Crippen LogP contribution is -2.17. The second-order valence-corrected chi connectivity index (χ2v) is 3.27. The van der Waals surface area contributed by atoms with Crippen LogP contribution < -0.4 is 5.43 Å². The third-order valence-corrected chi connectivity index (χ3v) is 2.28. The number of aliphatic hydroxyl groups excluding tert-OH is 1. The molecule has 78 valence electrons. The first-order valence-electron chi connectivity index (χ1n) is 4.65. The van der Waals surface area contributed by atoms with Gasteiger partial charge in [0.25, 0.3) is 0 Å². The Balaban J connectivity index is 3.31. The summed E-state index contributed by atoms with van der Waals surface area (Å²) in [5.74, 6) is -0.213. The van der Waals surface area contributed by atoms with Crippen molar-refractivity contribution in [2.75, 3.05) is 6.61 Å². The summed E-state index contributed by atoms with van der Waals surface area (Å²) in [6.07, 6.45) is 2.16. The lowest BCUT2D eigenvalue weighted by Gasteiger charge is -2.18. The fraction of sp³-hybridized carbons (Fsp3) is 0.500. The second kappa shape index (κ2) is 4.28. The third kappa shape index (κ3) is 1.80. The molecule has 1 aromatic rings. The van der Waals surface area contributed by atoms with Gasteiger partial charge in [-0.15, -0.1) is 0 Å². The minimum absolute atomic E-state index is 0.0185. The fourth-order valence-electron chi connectivity index (χ4n) is 1.43. The van der Waals surface area contributed by atoms with Gasteiger partial charge in [-0.05, 0) is 13.3 Å². The van der Waals surface area contributed by atoms with Crippen molar-refractivity contribution >= 4 is 0 Å². The van der Waals surface area contributed by atoms with Gasteiger partial charge in [-0.25, -0.2) is 0 Å². The number of rotatable bonds is 3. The predicted octanol–water partition coefficient (Wildman–Crippen LogP) is 0.670. The zero-order chi connectivity index (χ0) is 10.7. The van der Waals surface area contributed by atoms with Gasteiger partial charge < -0.3 is 14.8 Å². The van der Waals surface area contributed by atoms with Gasteiger partial charge in [-0.3, -0.25) is 4.79 Å². The number of aromatic hydroxyl groups is 1. The molecular weight excluding hydrogens is 182 g/mol. The van der Waals surface area contributed by atoms with E-state index in [4.69, 9.17) is 5.11 Å². The van der Waals surface area contributed by atoms with Gasteiger partial charge in [0.1, 0.15) is 0 Å². The molecule has 1 rings (SSSR count). The van der Waals surface area contributed by atoms with Crippen LogP contribution in [0, 0.1) is 0 Å². The van der Waals surface area contributed by atoms with E-state index in [9.17, 15) is 9.90 Å². The first-order valence-corrected chi connectivity index (χ1v) is 4.65. The predicted molar refractivity (Wildman–Crippen MR) is 53.5 cm³/mol. The van der Waals surface area contributed by atoms with Crippen molar-refractivity contribution < 1.29 is 10.2 Å². The highest BCUT2D eigenvalue weighted by atomic mass is 16.3. The van der Waals surface area contributed by atoms with Crippen LogP contribution in [0.15, 0.2) is 17.1 Å². The maximum absolute atomic E-state index is 11.1. The van der Waals surface area contributed by atoms with E-state index in [0.29, 0.717) is 12.1 Å². The standard InChI is InChI=1S/C10H15NO3/c1-3-8-10(14)9(13)4-5-11(8)7(2)6-12/h4-5,7,12,14H,3,6H2,1-2H3. The summed E-state index contributed by atoms with van der Waals surface area (Å²) in [4.78, 5) is 11.1. The third-order valence-electron chi connectivity index (χ3n) is 2.28. The molecule has 0 radical (unpaired) electrons. The van der Waals surface area contributed by atoms with Crippen LogP contribution in [0.1, 0.15) is 25.6 Å². The molecule has 0 fully saturated rings. The number of pyridine rings is 1. The van der Waals surface area contributed by atoms with Crippen molar-refractivity contribution in [3.05, 3.63) is 28.2 Å². The first kappa shape index (κ1) is 10.8. The average molecular weight is 197 g/mol. The lowest BCUT2D eigenvalue weighted by atomic mass is 10.2. The Kier molecular flexibility index (Phi) is 3.30. The Morgan fingerprint density at radius 3 is 2.71 bits per heavy atom. The molecule has 0 amide bonds. The minimum atomic E-state index is -0.372. The molecule has 4 nitrogen and oxygen atoms in total. The number of hydrogen-bond acceptors (Lipinski definition) is 3. The van der Waals surface area contributed by atoms with Gasteiger partial charge in [-0.2, -0.15) is 0 Å². The first-order chi connectivity index (χ1) is 6.61. The maximum Gasteiger partial charge on any atom is 0.223 e. The van der Waals surface area contributed by atoms with Crippen molar-refractivity contribution in [2.45, 2.75) is 26.3 Å². The Labute approximate surface area is 82.4 Å². The van der Waals surface area contributed by atoms with E-state index in [2.05, 4.69) is 0 Å². The molecule has 0 aliphatic rings. The molecule has 14 heavy (non-hydrogen) atoms. The van der Waals surface area contributed by atoms with Crippen LogP contribution in [-0.4, -0.2) is 21.4 Å². The summed E-state index contributed by atoms with van der Waals surface area (Å²) in [6.45, 7) is 3.66. The molecule has 0 bridgehead atoms. The van der Waals surface area contributed by atoms with E-state index >= 15 is 0 Å². The van der Waals surface area contributed by atoms with Crippen LogP contribution in [0.2, 0.25) is 0 Å². The van der Waals surface area contributed by atoms with Crippen LogP contribution in [0.25, 0.3) is 0 Å². The number of aromatic nitrogens is 1.